The highest BCUT2D eigenvalue weighted by Crippen LogP contribution is 2.21. The third-order valence-electron chi connectivity index (χ3n) is 10.7. The SMILES string of the molecule is CC(C)C[C@H](NC(=O)CNC(=O)[C@H](CCCN=C(N)N)NC(=O)[C@@H]1CCCN1C(=O)[C@@H](N)[C@@H](C)O)C(=O)N[C@@H](Cc1ccccc1)C(=O)N[C@@H](CC(=O)O)C(=O)N1CCC[C@H]1C(=O)O. The van der Waals surface area contributed by atoms with Gasteiger partial charge in [-0.2, -0.15) is 0 Å². The van der Waals surface area contributed by atoms with Crippen molar-refractivity contribution in [2.75, 3.05) is 26.2 Å². The summed E-state index contributed by atoms with van der Waals surface area (Å²) < 4.78 is 0. The van der Waals surface area contributed by atoms with Crippen LogP contribution < -0.4 is 43.8 Å². The number of aliphatic carboxylic acids is 2. The number of hydrogen-bond acceptors (Lipinski definition) is 12. The number of aliphatic hydroxyl groups excluding tert-OH is 1. The normalized spacial score (nSPS) is 18.7. The van der Waals surface area contributed by atoms with Crippen LogP contribution in [0.1, 0.15) is 77.7 Å². The standard InChI is InChI=1S/C41H63N11O12/c1-22(2)18-26(35(58)49-27(19-24-10-5-4-6-11-24)36(59)50-28(20-32(55)56)38(61)52-17-9-14-30(52)40(63)64)47-31(54)21-46-34(57)25(12-7-15-45-41(43)44)48-37(60)29-13-8-16-51(29)39(62)33(42)23(3)53/h4-6,10-11,22-23,25-30,33,53H,7-9,12-21,42H2,1-3H3,(H,46,57)(H,47,54)(H,48,60)(H,49,58)(H,50,59)(H,55,56)(H,63,64)(H4,43,44,45)/t23-,25+,26+,27+,28+,29+,30+,33+/m1/s1. The fraction of sp³-hybridized carbons (Fsp3) is 0.610. The van der Waals surface area contributed by atoms with E-state index in [-0.39, 0.29) is 70.0 Å². The van der Waals surface area contributed by atoms with Crippen molar-refractivity contribution in [1.29, 1.82) is 0 Å². The summed E-state index contributed by atoms with van der Waals surface area (Å²) in [6, 6.07) is -0.525. The number of amides is 7. The Hall–Kier alpha value is -6.36. The van der Waals surface area contributed by atoms with Crippen LogP contribution in [0.3, 0.4) is 0 Å². The molecule has 0 unspecified atom stereocenters. The van der Waals surface area contributed by atoms with E-state index in [4.69, 9.17) is 17.2 Å². The van der Waals surface area contributed by atoms with Gasteiger partial charge in [0.15, 0.2) is 5.96 Å². The van der Waals surface area contributed by atoms with Crippen LogP contribution in [0.25, 0.3) is 0 Å². The molecule has 0 saturated carbocycles. The lowest BCUT2D eigenvalue weighted by Crippen LogP contribution is -2.59. The second-order valence-corrected chi connectivity index (χ2v) is 16.4. The topological polar surface area (TPSA) is 371 Å². The Morgan fingerprint density at radius 1 is 0.766 bits per heavy atom. The van der Waals surface area contributed by atoms with Crippen molar-refractivity contribution in [3.63, 3.8) is 0 Å². The number of hydrogen-bond donors (Lipinski definition) is 11. The van der Waals surface area contributed by atoms with E-state index in [0.29, 0.717) is 18.4 Å². The molecule has 23 nitrogen and oxygen atoms in total. The number of benzene rings is 1. The molecule has 8 atom stereocenters. The van der Waals surface area contributed by atoms with Gasteiger partial charge in [-0.15, -0.1) is 0 Å². The minimum Gasteiger partial charge on any atom is -0.481 e. The summed E-state index contributed by atoms with van der Waals surface area (Å²) in [5.74, 6) is -8.61. The van der Waals surface area contributed by atoms with Crippen LogP contribution in [-0.2, 0) is 49.6 Å². The molecule has 0 radical (unpaired) electrons. The summed E-state index contributed by atoms with van der Waals surface area (Å²) in [6.07, 6.45) is -0.598. The van der Waals surface area contributed by atoms with Crippen LogP contribution in [0.4, 0.5) is 0 Å². The Balaban J connectivity index is 1.77. The lowest BCUT2D eigenvalue weighted by atomic mass is 10.0. The summed E-state index contributed by atoms with van der Waals surface area (Å²) >= 11 is 0. The van der Waals surface area contributed by atoms with E-state index in [1.165, 1.54) is 11.8 Å². The highest BCUT2D eigenvalue weighted by atomic mass is 16.4. The molecule has 2 fully saturated rings. The number of carbonyl (C=O) groups is 9. The average molecular weight is 902 g/mol. The van der Waals surface area contributed by atoms with Crippen molar-refractivity contribution in [1.82, 2.24) is 36.4 Å². The Kier molecular flexibility index (Phi) is 20.4. The van der Waals surface area contributed by atoms with E-state index in [9.17, 15) is 58.5 Å². The Labute approximate surface area is 370 Å². The van der Waals surface area contributed by atoms with E-state index < -0.39 is 115 Å². The second kappa shape index (κ2) is 25.1. The molecule has 23 heteroatoms. The van der Waals surface area contributed by atoms with Gasteiger partial charge in [-0.3, -0.25) is 43.3 Å². The molecular formula is C41H63N11O12. The Morgan fingerprint density at radius 2 is 1.36 bits per heavy atom. The van der Waals surface area contributed by atoms with E-state index in [1.54, 1.807) is 44.2 Å². The molecule has 2 aliphatic heterocycles. The van der Waals surface area contributed by atoms with E-state index in [2.05, 4.69) is 31.6 Å². The van der Waals surface area contributed by atoms with Crippen molar-refractivity contribution >= 4 is 59.2 Å². The third-order valence-corrected chi connectivity index (χ3v) is 10.7. The molecule has 3 rings (SSSR count). The summed E-state index contributed by atoms with van der Waals surface area (Å²) in [5, 5.41) is 41.8. The molecule has 0 bridgehead atoms. The number of aliphatic hydroxyl groups is 1. The number of likely N-dealkylation sites (tertiary alicyclic amines) is 2. The number of carboxylic acid groups (broad SMARTS) is 2. The lowest BCUT2D eigenvalue weighted by Gasteiger charge is -2.29. The molecule has 0 aromatic heterocycles. The summed E-state index contributed by atoms with van der Waals surface area (Å²) in [4.78, 5) is 124. The molecule has 2 heterocycles. The van der Waals surface area contributed by atoms with Crippen molar-refractivity contribution in [2.45, 2.75) is 127 Å². The first-order valence-electron chi connectivity index (χ1n) is 21.3. The van der Waals surface area contributed by atoms with Gasteiger partial charge in [0.1, 0.15) is 42.3 Å². The van der Waals surface area contributed by atoms with Crippen molar-refractivity contribution in [3.05, 3.63) is 35.9 Å². The van der Waals surface area contributed by atoms with Crippen LogP contribution in [0, 0.1) is 5.92 Å². The van der Waals surface area contributed by atoms with Gasteiger partial charge in [0, 0.05) is 26.1 Å². The van der Waals surface area contributed by atoms with Crippen LogP contribution in [0.5, 0.6) is 0 Å². The molecular weight excluding hydrogens is 839 g/mol. The first kappa shape index (κ1) is 52.0. The Bertz CT molecular complexity index is 1860. The van der Waals surface area contributed by atoms with Gasteiger partial charge >= 0.3 is 11.9 Å². The zero-order valence-corrected chi connectivity index (χ0v) is 36.4. The van der Waals surface area contributed by atoms with E-state index >= 15 is 0 Å². The van der Waals surface area contributed by atoms with Gasteiger partial charge < -0.3 is 68.9 Å². The summed E-state index contributed by atoms with van der Waals surface area (Å²) in [5.41, 5.74) is 17.3. The van der Waals surface area contributed by atoms with Gasteiger partial charge in [-0.1, -0.05) is 44.2 Å². The molecule has 7 amide bonds. The molecule has 354 valence electrons. The average Bonchev–Trinajstić information content (AvgIpc) is 3.94. The summed E-state index contributed by atoms with van der Waals surface area (Å²) in [7, 11) is 0. The van der Waals surface area contributed by atoms with Gasteiger partial charge in [0.25, 0.3) is 0 Å². The molecule has 0 spiro atoms. The quantitative estimate of drug-likeness (QED) is 0.0274. The van der Waals surface area contributed by atoms with E-state index in [0.717, 1.165) is 4.90 Å². The number of nitrogens with zero attached hydrogens (tertiary/aromatic N) is 3. The van der Waals surface area contributed by atoms with Gasteiger partial charge in [0.2, 0.25) is 41.4 Å². The monoisotopic (exact) mass is 901 g/mol. The summed E-state index contributed by atoms with van der Waals surface area (Å²) in [6.45, 7) is 4.61. The minimum absolute atomic E-state index is 0.0180. The predicted octanol–water partition coefficient (Wildman–Crippen LogP) is -3.37. The zero-order valence-electron chi connectivity index (χ0n) is 36.4. The van der Waals surface area contributed by atoms with E-state index in [1.807, 2.05) is 0 Å². The number of rotatable bonds is 24. The van der Waals surface area contributed by atoms with Crippen molar-refractivity contribution in [3.8, 4) is 0 Å². The zero-order chi connectivity index (χ0) is 47.7. The maximum atomic E-state index is 13.9. The first-order chi connectivity index (χ1) is 30.2. The molecule has 1 aromatic carbocycles. The number of carbonyl (C=O) groups excluding carboxylic acids is 7. The Morgan fingerprint density at radius 3 is 1.94 bits per heavy atom. The largest absolute Gasteiger partial charge is 0.481 e. The number of nitrogens with one attached hydrogen (secondary N) is 5. The number of guanidine groups is 1. The highest BCUT2D eigenvalue weighted by molar-refractivity contribution is 5.98. The van der Waals surface area contributed by atoms with Gasteiger partial charge in [-0.05, 0) is 63.4 Å². The minimum atomic E-state index is -1.66. The van der Waals surface area contributed by atoms with Gasteiger partial charge in [0.05, 0.1) is 19.1 Å². The van der Waals surface area contributed by atoms with Gasteiger partial charge in [-0.25, -0.2) is 4.79 Å². The van der Waals surface area contributed by atoms with Crippen LogP contribution in [0.15, 0.2) is 35.3 Å². The first-order valence-corrected chi connectivity index (χ1v) is 21.3. The second-order valence-electron chi connectivity index (χ2n) is 16.4. The fourth-order valence-corrected chi connectivity index (χ4v) is 7.45. The maximum absolute atomic E-state index is 13.9. The highest BCUT2D eigenvalue weighted by Gasteiger charge is 2.41. The van der Waals surface area contributed by atoms with Crippen LogP contribution in [-0.4, -0.2) is 159 Å². The third kappa shape index (κ3) is 16.1. The number of nitrogens with two attached hydrogens (primary N) is 3. The molecule has 0 aliphatic carbocycles. The number of carboxylic acids is 2. The molecule has 64 heavy (non-hydrogen) atoms. The van der Waals surface area contributed by atoms with Crippen LogP contribution in [0.2, 0.25) is 0 Å². The predicted molar refractivity (Wildman–Crippen MR) is 229 cm³/mol. The number of aliphatic imine (C=N–C) groups is 1. The molecule has 1 aromatic rings. The maximum Gasteiger partial charge on any atom is 0.326 e. The van der Waals surface area contributed by atoms with Crippen LogP contribution >= 0.6 is 0 Å². The molecule has 14 N–H and O–H groups in total. The van der Waals surface area contributed by atoms with Crippen molar-refractivity contribution in [2.24, 2.45) is 28.1 Å². The molecule has 2 saturated heterocycles. The smallest absolute Gasteiger partial charge is 0.326 e. The van der Waals surface area contributed by atoms with Crippen molar-refractivity contribution < 1.29 is 58.5 Å². The fourth-order valence-electron chi connectivity index (χ4n) is 7.45. The lowest BCUT2D eigenvalue weighted by molar-refractivity contribution is -0.150. The molecule has 2 aliphatic rings.